The van der Waals surface area contributed by atoms with Crippen LogP contribution >= 0.6 is 11.3 Å². The molecular formula is C18H23N3O4S2. The molecule has 0 radical (unpaired) electrons. The molecule has 0 bridgehead atoms. The molecule has 1 amide bonds. The van der Waals surface area contributed by atoms with Crippen molar-refractivity contribution in [3.05, 3.63) is 40.9 Å². The lowest BCUT2D eigenvalue weighted by Gasteiger charge is -2.26. The minimum atomic E-state index is -3.57. The first-order valence-corrected chi connectivity index (χ1v) is 11.0. The number of morpholine rings is 1. The number of aromatic nitrogens is 1. The third-order valence-corrected chi connectivity index (χ3v) is 6.89. The van der Waals surface area contributed by atoms with E-state index in [1.807, 2.05) is 5.38 Å². The van der Waals surface area contributed by atoms with Crippen LogP contribution in [0.4, 0.5) is 5.13 Å². The number of hydrogen-bond acceptors (Lipinski definition) is 6. The summed E-state index contributed by atoms with van der Waals surface area (Å²) in [6.07, 6.45) is 0. The number of rotatable bonds is 4. The summed E-state index contributed by atoms with van der Waals surface area (Å²) in [4.78, 5) is 17.0. The first-order chi connectivity index (χ1) is 12.7. The van der Waals surface area contributed by atoms with Crippen LogP contribution in [0, 0.1) is 0 Å². The van der Waals surface area contributed by atoms with Crippen molar-refractivity contribution in [3.63, 3.8) is 0 Å². The van der Waals surface area contributed by atoms with E-state index in [1.165, 1.54) is 39.9 Å². The molecule has 7 nitrogen and oxygen atoms in total. The molecule has 1 N–H and O–H groups in total. The third-order valence-electron chi connectivity index (χ3n) is 4.22. The van der Waals surface area contributed by atoms with E-state index in [9.17, 15) is 13.2 Å². The van der Waals surface area contributed by atoms with E-state index in [0.717, 1.165) is 5.69 Å². The summed E-state index contributed by atoms with van der Waals surface area (Å²) < 4.78 is 31.8. The Labute approximate surface area is 163 Å². The van der Waals surface area contributed by atoms with Crippen LogP contribution in [-0.4, -0.2) is 49.9 Å². The summed E-state index contributed by atoms with van der Waals surface area (Å²) in [5.41, 5.74) is 1.20. The van der Waals surface area contributed by atoms with Gasteiger partial charge >= 0.3 is 0 Å². The first-order valence-electron chi connectivity index (χ1n) is 8.63. The van der Waals surface area contributed by atoms with Gasteiger partial charge in [-0.15, -0.1) is 11.3 Å². The highest BCUT2D eigenvalue weighted by Crippen LogP contribution is 2.26. The SMILES string of the molecule is CC(C)(C)c1csc(NC(=O)c2ccc(S(=O)(=O)N3CCOCC3)cc2)n1. The maximum atomic E-state index is 12.6. The van der Waals surface area contributed by atoms with Crippen LogP contribution in [0.15, 0.2) is 34.5 Å². The minimum absolute atomic E-state index is 0.0883. The second-order valence-corrected chi connectivity index (χ2v) is 10.1. The molecule has 27 heavy (non-hydrogen) atoms. The van der Waals surface area contributed by atoms with Gasteiger partial charge in [0.2, 0.25) is 10.0 Å². The summed E-state index contributed by atoms with van der Waals surface area (Å²) in [5, 5.41) is 5.21. The Morgan fingerprint density at radius 1 is 1.19 bits per heavy atom. The predicted octanol–water partition coefficient (Wildman–Crippen LogP) is 2.71. The number of carbonyl (C=O) groups excluding carboxylic acids is 1. The number of carbonyl (C=O) groups is 1. The lowest BCUT2D eigenvalue weighted by atomic mass is 9.93. The molecule has 3 rings (SSSR count). The van der Waals surface area contributed by atoms with Gasteiger partial charge in [-0.25, -0.2) is 13.4 Å². The average Bonchev–Trinajstić information content (AvgIpc) is 3.11. The monoisotopic (exact) mass is 409 g/mol. The van der Waals surface area contributed by atoms with Gasteiger partial charge in [0.1, 0.15) is 0 Å². The first kappa shape index (κ1) is 19.9. The van der Waals surface area contributed by atoms with Crippen molar-refractivity contribution in [2.45, 2.75) is 31.1 Å². The fourth-order valence-electron chi connectivity index (χ4n) is 2.56. The zero-order valence-electron chi connectivity index (χ0n) is 15.6. The van der Waals surface area contributed by atoms with Crippen LogP contribution in [0.2, 0.25) is 0 Å². The zero-order valence-corrected chi connectivity index (χ0v) is 17.2. The molecule has 0 saturated carbocycles. The summed E-state index contributed by atoms with van der Waals surface area (Å²) in [7, 11) is -3.57. The van der Waals surface area contributed by atoms with Crippen LogP contribution in [0.5, 0.6) is 0 Å². The number of nitrogens with one attached hydrogen (secondary N) is 1. The molecule has 9 heteroatoms. The van der Waals surface area contributed by atoms with Gasteiger partial charge in [-0.3, -0.25) is 10.1 Å². The van der Waals surface area contributed by atoms with E-state index < -0.39 is 10.0 Å². The largest absolute Gasteiger partial charge is 0.379 e. The van der Waals surface area contributed by atoms with Crippen molar-refractivity contribution in [3.8, 4) is 0 Å². The van der Waals surface area contributed by atoms with Gasteiger partial charge in [0.05, 0.1) is 23.8 Å². The van der Waals surface area contributed by atoms with Crippen LogP contribution < -0.4 is 5.32 Å². The molecule has 0 aliphatic carbocycles. The lowest BCUT2D eigenvalue weighted by molar-refractivity contribution is 0.0730. The molecule has 1 aliphatic heterocycles. The predicted molar refractivity (Wildman–Crippen MR) is 105 cm³/mol. The van der Waals surface area contributed by atoms with Gasteiger partial charge in [-0.1, -0.05) is 20.8 Å². The van der Waals surface area contributed by atoms with Crippen LogP contribution in [0.3, 0.4) is 0 Å². The molecule has 1 aromatic carbocycles. The number of ether oxygens (including phenoxy) is 1. The molecule has 1 aromatic heterocycles. The summed E-state index contributed by atoms with van der Waals surface area (Å²) in [6, 6.07) is 5.95. The Morgan fingerprint density at radius 3 is 2.37 bits per heavy atom. The molecule has 1 aliphatic rings. The van der Waals surface area contributed by atoms with E-state index in [0.29, 0.717) is 37.0 Å². The normalized spacial score (nSPS) is 16.3. The van der Waals surface area contributed by atoms with Gasteiger partial charge < -0.3 is 4.74 Å². The van der Waals surface area contributed by atoms with Crippen molar-refractivity contribution < 1.29 is 17.9 Å². The van der Waals surface area contributed by atoms with Gasteiger partial charge in [0.25, 0.3) is 5.91 Å². The Morgan fingerprint density at radius 2 is 1.81 bits per heavy atom. The van der Waals surface area contributed by atoms with Crippen molar-refractivity contribution in [2.24, 2.45) is 0 Å². The average molecular weight is 410 g/mol. The van der Waals surface area contributed by atoms with E-state index in [1.54, 1.807) is 0 Å². The topological polar surface area (TPSA) is 88.6 Å². The number of amides is 1. The second kappa shape index (κ2) is 7.67. The molecule has 2 heterocycles. The van der Waals surface area contributed by atoms with Crippen molar-refractivity contribution in [1.82, 2.24) is 9.29 Å². The molecule has 0 unspecified atom stereocenters. The molecule has 2 aromatic rings. The maximum Gasteiger partial charge on any atom is 0.257 e. The highest BCUT2D eigenvalue weighted by Gasteiger charge is 2.26. The Bertz CT molecular complexity index is 909. The van der Waals surface area contributed by atoms with Crippen molar-refractivity contribution in [2.75, 3.05) is 31.6 Å². The number of benzene rings is 1. The quantitative estimate of drug-likeness (QED) is 0.839. The Balaban J connectivity index is 1.71. The summed E-state index contributed by atoms with van der Waals surface area (Å²) >= 11 is 1.37. The van der Waals surface area contributed by atoms with Gasteiger partial charge in [0, 0.05) is 29.4 Å². The maximum absolute atomic E-state index is 12.6. The summed E-state index contributed by atoms with van der Waals surface area (Å²) in [6.45, 7) is 7.63. The zero-order chi connectivity index (χ0) is 19.7. The molecule has 146 valence electrons. The van der Waals surface area contributed by atoms with Gasteiger partial charge in [0.15, 0.2) is 5.13 Å². The summed E-state index contributed by atoms with van der Waals surface area (Å²) in [5.74, 6) is -0.319. The fourth-order valence-corrected chi connectivity index (χ4v) is 4.90. The molecule has 1 saturated heterocycles. The third kappa shape index (κ3) is 4.55. The smallest absolute Gasteiger partial charge is 0.257 e. The molecule has 1 fully saturated rings. The van der Waals surface area contributed by atoms with Gasteiger partial charge in [-0.05, 0) is 24.3 Å². The Hall–Kier alpha value is -1.81. The number of anilines is 1. The van der Waals surface area contributed by atoms with Crippen LogP contribution in [-0.2, 0) is 20.2 Å². The molecular weight excluding hydrogens is 386 g/mol. The van der Waals surface area contributed by atoms with Crippen molar-refractivity contribution >= 4 is 32.4 Å². The second-order valence-electron chi connectivity index (χ2n) is 7.28. The Kier molecular flexibility index (Phi) is 5.66. The van der Waals surface area contributed by atoms with E-state index >= 15 is 0 Å². The fraction of sp³-hybridized carbons (Fsp3) is 0.444. The molecule has 0 atom stereocenters. The molecule has 0 spiro atoms. The standard InChI is InChI=1S/C18H23N3O4S2/c1-18(2,3)15-12-26-17(19-15)20-16(22)13-4-6-14(7-5-13)27(23,24)21-8-10-25-11-9-21/h4-7,12H,8-11H2,1-3H3,(H,19,20,22). The van der Waals surface area contributed by atoms with E-state index in [-0.39, 0.29) is 16.2 Å². The van der Waals surface area contributed by atoms with E-state index in [2.05, 4.69) is 31.1 Å². The number of sulfonamides is 1. The minimum Gasteiger partial charge on any atom is -0.379 e. The lowest BCUT2D eigenvalue weighted by Crippen LogP contribution is -2.40. The highest BCUT2D eigenvalue weighted by molar-refractivity contribution is 7.89. The van der Waals surface area contributed by atoms with Crippen LogP contribution in [0.1, 0.15) is 36.8 Å². The van der Waals surface area contributed by atoms with Crippen LogP contribution in [0.25, 0.3) is 0 Å². The number of nitrogens with zero attached hydrogens (tertiary/aromatic N) is 2. The number of thiazole rings is 1. The number of hydrogen-bond donors (Lipinski definition) is 1. The van der Waals surface area contributed by atoms with E-state index in [4.69, 9.17) is 4.74 Å². The highest BCUT2D eigenvalue weighted by atomic mass is 32.2. The van der Waals surface area contributed by atoms with Crippen molar-refractivity contribution in [1.29, 1.82) is 0 Å². The van der Waals surface area contributed by atoms with Gasteiger partial charge in [-0.2, -0.15) is 4.31 Å².